The molecule has 0 fully saturated rings. The van der Waals surface area contributed by atoms with Gasteiger partial charge < -0.3 is 18.9 Å². The van der Waals surface area contributed by atoms with Crippen molar-refractivity contribution in [3.05, 3.63) is 59.4 Å². The van der Waals surface area contributed by atoms with Gasteiger partial charge in [0.2, 0.25) is 0 Å². The van der Waals surface area contributed by atoms with E-state index in [2.05, 4.69) is 30.1 Å². The van der Waals surface area contributed by atoms with E-state index in [1.807, 2.05) is 13.8 Å². The number of nitrogens with zero attached hydrogens (tertiary/aromatic N) is 3. The number of aryl methyl sites for hydroxylation is 1. The molecule has 0 saturated heterocycles. The highest BCUT2D eigenvalue weighted by molar-refractivity contribution is 7.99. The highest BCUT2D eigenvalue weighted by Crippen LogP contribution is 2.35. The molecule has 0 radical (unpaired) electrons. The summed E-state index contributed by atoms with van der Waals surface area (Å²) in [4.78, 5) is 32.8. The Morgan fingerprint density at radius 3 is 2.26 bits per heavy atom. The quantitative estimate of drug-likeness (QED) is 0.245. The lowest BCUT2D eigenvalue weighted by atomic mass is 10.1. The molecule has 0 unspecified atom stereocenters. The van der Waals surface area contributed by atoms with Gasteiger partial charge in [0.1, 0.15) is 11.5 Å². The summed E-state index contributed by atoms with van der Waals surface area (Å²) in [7, 11) is 1.05. The highest BCUT2D eigenvalue weighted by Gasteiger charge is 2.27. The van der Waals surface area contributed by atoms with E-state index in [1.165, 1.54) is 44.2 Å². The monoisotopic (exact) mass is 615 g/mol. The van der Waals surface area contributed by atoms with E-state index < -0.39 is 22.2 Å². The standard InChI is InChI=1S/C27H29N5O8S2/c1-15-13-28-22(16(2)24(15)38-4)14-41-25-29-20-9-7-17(37-3)11-23(20)32(25)42(35,36)18-8-10-19(30-26(33)39-5)21(12-18)31-27(34)40-6/h7-13H,14H2,1-6H3,(H,30,33)(H,31,34). The predicted molar refractivity (Wildman–Crippen MR) is 157 cm³/mol. The summed E-state index contributed by atoms with van der Waals surface area (Å²) >= 11 is 1.18. The number of carbonyl (C=O) groups is 2. The Kier molecular flexibility index (Phi) is 9.11. The molecule has 15 heteroatoms. The summed E-state index contributed by atoms with van der Waals surface area (Å²) in [5, 5.41) is 5.03. The van der Waals surface area contributed by atoms with Crippen molar-refractivity contribution in [1.29, 1.82) is 0 Å². The van der Waals surface area contributed by atoms with Gasteiger partial charge in [-0.15, -0.1) is 0 Å². The van der Waals surface area contributed by atoms with Crippen molar-refractivity contribution in [2.24, 2.45) is 0 Å². The lowest BCUT2D eigenvalue weighted by Crippen LogP contribution is -2.18. The Hall–Kier alpha value is -4.50. The van der Waals surface area contributed by atoms with Crippen molar-refractivity contribution in [1.82, 2.24) is 13.9 Å². The summed E-state index contributed by atoms with van der Waals surface area (Å²) in [6.07, 6.45) is 0.0101. The van der Waals surface area contributed by atoms with Crippen LogP contribution in [0.1, 0.15) is 16.8 Å². The number of anilines is 2. The number of carbonyl (C=O) groups excluding carboxylic acids is 2. The topological polar surface area (TPSA) is 160 Å². The van der Waals surface area contributed by atoms with Crippen LogP contribution < -0.4 is 20.1 Å². The van der Waals surface area contributed by atoms with Crippen molar-refractivity contribution in [3.63, 3.8) is 0 Å². The van der Waals surface area contributed by atoms with Gasteiger partial charge in [-0.2, -0.15) is 0 Å². The Balaban J connectivity index is 1.84. The second-order valence-electron chi connectivity index (χ2n) is 8.79. The molecule has 2 aromatic carbocycles. The van der Waals surface area contributed by atoms with Crippen LogP contribution in [-0.4, -0.2) is 63.0 Å². The number of imidazole rings is 1. The second kappa shape index (κ2) is 12.6. The molecule has 0 spiro atoms. The first-order valence-corrected chi connectivity index (χ1v) is 14.7. The smallest absolute Gasteiger partial charge is 0.411 e. The normalized spacial score (nSPS) is 11.2. The van der Waals surface area contributed by atoms with Gasteiger partial charge in [0.25, 0.3) is 10.0 Å². The molecule has 4 rings (SSSR count). The number of thioether (sulfide) groups is 1. The van der Waals surface area contributed by atoms with Crippen LogP contribution >= 0.6 is 11.8 Å². The number of ether oxygens (including phenoxy) is 4. The molecule has 2 amide bonds. The van der Waals surface area contributed by atoms with Gasteiger partial charge >= 0.3 is 12.2 Å². The molecular formula is C27H29N5O8S2. The zero-order chi connectivity index (χ0) is 30.6. The average molecular weight is 616 g/mol. The largest absolute Gasteiger partial charge is 0.497 e. The zero-order valence-corrected chi connectivity index (χ0v) is 25.3. The van der Waals surface area contributed by atoms with Crippen molar-refractivity contribution < 1.29 is 37.0 Å². The maximum Gasteiger partial charge on any atom is 0.411 e. The van der Waals surface area contributed by atoms with Crippen LogP contribution in [0.5, 0.6) is 11.5 Å². The van der Waals surface area contributed by atoms with E-state index in [-0.39, 0.29) is 26.9 Å². The van der Waals surface area contributed by atoms with Gasteiger partial charge in [-0.1, -0.05) is 11.8 Å². The van der Waals surface area contributed by atoms with Gasteiger partial charge in [-0.05, 0) is 44.2 Å². The number of hydrogen-bond acceptors (Lipinski definition) is 11. The zero-order valence-electron chi connectivity index (χ0n) is 23.7. The van der Waals surface area contributed by atoms with E-state index in [0.29, 0.717) is 28.5 Å². The summed E-state index contributed by atoms with van der Waals surface area (Å²) in [6, 6.07) is 8.74. The number of pyridine rings is 1. The van der Waals surface area contributed by atoms with Crippen LogP contribution in [0.15, 0.2) is 52.6 Å². The van der Waals surface area contributed by atoms with Crippen molar-refractivity contribution in [3.8, 4) is 11.5 Å². The molecule has 2 aromatic heterocycles. The number of fused-ring (bicyclic) bond motifs is 1. The Bertz CT molecular complexity index is 1770. The lowest BCUT2D eigenvalue weighted by Gasteiger charge is -2.15. The van der Waals surface area contributed by atoms with Gasteiger partial charge in [0.15, 0.2) is 5.16 Å². The van der Waals surface area contributed by atoms with E-state index in [9.17, 15) is 18.0 Å². The molecule has 42 heavy (non-hydrogen) atoms. The summed E-state index contributed by atoms with van der Waals surface area (Å²) < 4.78 is 49.7. The van der Waals surface area contributed by atoms with E-state index >= 15 is 0 Å². The first-order chi connectivity index (χ1) is 20.0. The first kappa shape index (κ1) is 30.5. The van der Waals surface area contributed by atoms with E-state index in [1.54, 1.807) is 31.5 Å². The second-order valence-corrected chi connectivity index (χ2v) is 11.5. The molecule has 0 aliphatic heterocycles. The van der Waals surface area contributed by atoms with Crippen molar-refractivity contribution >= 4 is 56.4 Å². The molecule has 4 aromatic rings. The number of aromatic nitrogens is 3. The Morgan fingerprint density at radius 1 is 0.929 bits per heavy atom. The molecule has 222 valence electrons. The third kappa shape index (κ3) is 6.06. The number of nitrogens with one attached hydrogen (secondary N) is 2. The maximum atomic E-state index is 14.2. The highest BCUT2D eigenvalue weighted by atomic mass is 32.2. The lowest BCUT2D eigenvalue weighted by molar-refractivity contribution is 0.185. The van der Waals surface area contributed by atoms with Crippen LogP contribution in [-0.2, 0) is 25.2 Å². The first-order valence-electron chi connectivity index (χ1n) is 12.3. The van der Waals surface area contributed by atoms with Crippen LogP contribution in [0, 0.1) is 13.8 Å². The minimum absolute atomic E-state index is 0.0314. The van der Waals surface area contributed by atoms with Crippen LogP contribution in [0.2, 0.25) is 0 Å². The third-order valence-electron chi connectivity index (χ3n) is 6.25. The summed E-state index contributed by atoms with van der Waals surface area (Å²) in [5.74, 6) is 1.44. The van der Waals surface area contributed by atoms with Gasteiger partial charge in [0, 0.05) is 29.1 Å². The molecule has 0 atom stereocenters. The van der Waals surface area contributed by atoms with Crippen LogP contribution in [0.25, 0.3) is 11.0 Å². The van der Waals surface area contributed by atoms with Gasteiger partial charge in [-0.3, -0.25) is 15.6 Å². The Morgan fingerprint density at radius 2 is 1.62 bits per heavy atom. The number of amides is 2. The van der Waals surface area contributed by atoms with Gasteiger partial charge in [-0.25, -0.2) is 27.0 Å². The van der Waals surface area contributed by atoms with Crippen molar-refractivity contribution in [2.45, 2.75) is 29.7 Å². The molecular weight excluding hydrogens is 586 g/mol. The molecule has 0 aliphatic carbocycles. The minimum Gasteiger partial charge on any atom is -0.497 e. The van der Waals surface area contributed by atoms with Crippen LogP contribution in [0.4, 0.5) is 21.0 Å². The number of rotatable bonds is 9. The molecule has 0 saturated carbocycles. The summed E-state index contributed by atoms with van der Waals surface area (Å²) in [6.45, 7) is 3.78. The molecule has 0 aliphatic rings. The molecule has 13 nitrogen and oxygen atoms in total. The SMILES string of the molecule is COC(=O)Nc1ccc(S(=O)(=O)n2c(SCc3ncc(C)c(OC)c3C)nc3ccc(OC)cc32)cc1NC(=O)OC. The van der Waals surface area contributed by atoms with E-state index in [4.69, 9.17) is 9.47 Å². The number of benzene rings is 2. The number of hydrogen-bond donors (Lipinski definition) is 2. The molecule has 2 heterocycles. The van der Waals surface area contributed by atoms with Gasteiger partial charge in [0.05, 0.1) is 61.4 Å². The molecule has 0 bridgehead atoms. The van der Waals surface area contributed by atoms with Crippen LogP contribution in [0.3, 0.4) is 0 Å². The predicted octanol–water partition coefficient (Wildman–Crippen LogP) is 4.95. The Labute approximate surface area is 246 Å². The molecule has 2 N–H and O–H groups in total. The average Bonchev–Trinajstić information content (AvgIpc) is 3.35. The fraction of sp³-hybridized carbons (Fsp3) is 0.259. The third-order valence-corrected chi connectivity index (χ3v) is 9.02. The fourth-order valence-corrected chi connectivity index (χ4v) is 6.89. The number of methoxy groups -OCH3 is 4. The summed E-state index contributed by atoms with van der Waals surface area (Å²) in [5.41, 5.74) is 3.19. The minimum atomic E-state index is -4.33. The maximum absolute atomic E-state index is 14.2. The van der Waals surface area contributed by atoms with Crippen molar-refractivity contribution in [2.75, 3.05) is 39.1 Å². The van der Waals surface area contributed by atoms with E-state index in [0.717, 1.165) is 22.2 Å². The fourth-order valence-electron chi connectivity index (χ4n) is 4.14.